The van der Waals surface area contributed by atoms with Crippen LogP contribution in [-0.2, 0) is 0 Å². The van der Waals surface area contributed by atoms with E-state index in [1.165, 1.54) is 30.3 Å². The summed E-state index contributed by atoms with van der Waals surface area (Å²) >= 11 is 5.79. The van der Waals surface area contributed by atoms with Crippen LogP contribution in [0.3, 0.4) is 0 Å². The van der Waals surface area contributed by atoms with Crippen LogP contribution in [0.1, 0.15) is 20.7 Å². The molecule has 2 aromatic carbocycles. The maximum Gasteiger partial charge on any atom is 0.337 e. The first-order valence-corrected chi connectivity index (χ1v) is 6.16. The van der Waals surface area contributed by atoms with Gasteiger partial charge in [0.1, 0.15) is 5.82 Å². The number of benzene rings is 2. The third kappa shape index (κ3) is 3.11. The van der Waals surface area contributed by atoms with Crippen LogP contribution in [0, 0.1) is 5.82 Å². The highest BCUT2D eigenvalue weighted by Gasteiger charge is 2.14. The number of carbonyl (C=O) groups is 2. The van der Waals surface area contributed by atoms with Crippen LogP contribution >= 0.6 is 11.6 Å². The molecule has 0 fully saturated rings. The molecule has 0 unspecified atom stereocenters. The summed E-state index contributed by atoms with van der Waals surface area (Å²) in [6.45, 7) is 0. The molecule has 4 N–H and O–H groups in total. The molecule has 0 aliphatic rings. The highest BCUT2D eigenvalue weighted by Crippen LogP contribution is 2.22. The third-order valence-corrected chi connectivity index (χ3v) is 3.07. The molecular formula is C14H10ClFN2O3. The van der Waals surface area contributed by atoms with Gasteiger partial charge in [-0.05, 0) is 30.3 Å². The van der Waals surface area contributed by atoms with Crippen molar-refractivity contribution in [2.24, 2.45) is 0 Å². The van der Waals surface area contributed by atoms with Gasteiger partial charge in [-0.2, -0.15) is 0 Å². The van der Waals surface area contributed by atoms with Gasteiger partial charge in [0.05, 0.1) is 21.8 Å². The zero-order chi connectivity index (χ0) is 15.6. The summed E-state index contributed by atoms with van der Waals surface area (Å²) in [5.74, 6) is -2.49. The monoisotopic (exact) mass is 308 g/mol. The van der Waals surface area contributed by atoms with E-state index in [-0.39, 0.29) is 27.5 Å². The molecule has 1 amide bonds. The average molecular weight is 309 g/mol. The maximum absolute atomic E-state index is 13.3. The number of para-hydroxylation sites is 1. The molecule has 0 saturated carbocycles. The molecule has 7 heteroatoms. The Balaban J connectivity index is 2.26. The van der Waals surface area contributed by atoms with Crippen molar-refractivity contribution < 1.29 is 19.1 Å². The summed E-state index contributed by atoms with van der Waals surface area (Å²) in [7, 11) is 0. The molecule has 0 bridgehead atoms. The number of aromatic carboxylic acids is 1. The average Bonchev–Trinajstić information content (AvgIpc) is 2.41. The van der Waals surface area contributed by atoms with Gasteiger partial charge in [0.25, 0.3) is 5.91 Å². The number of halogens is 2. The fraction of sp³-hybridized carbons (Fsp3) is 0. The third-order valence-electron chi connectivity index (χ3n) is 2.75. The van der Waals surface area contributed by atoms with Crippen molar-refractivity contribution in [3.63, 3.8) is 0 Å². The van der Waals surface area contributed by atoms with Gasteiger partial charge in [0.2, 0.25) is 0 Å². The number of nitrogens with one attached hydrogen (secondary N) is 1. The van der Waals surface area contributed by atoms with Gasteiger partial charge >= 0.3 is 5.97 Å². The number of nitrogens with two attached hydrogens (primary N) is 1. The lowest BCUT2D eigenvalue weighted by atomic mass is 10.1. The van der Waals surface area contributed by atoms with E-state index in [0.29, 0.717) is 0 Å². The Morgan fingerprint density at radius 2 is 1.90 bits per heavy atom. The van der Waals surface area contributed by atoms with Gasteiger partial charge in [-0.3, -0.25) is 4.79 Å². The summed E-state index contributed by atoms with van der Waals surface area (Å²) in [6, 6.07) is 7.81. The SMILES string of the molecule is Nc1c(F)cccc1C(=O)Nc1ccc(C(=O)O)c(Cl)c1. The van der Waals surface area contributed by atoms with Gasteiger partial charge in [0, 0.05) is 5.69 Å². The van der Waals surface area contributed by atoms with E-state index in [2.05, 4.69) is 5.32 Å². The summed E-state index contributed by atoms with van der Waals surface area (Å²) < 4.78 is 13.3. The minimum atomic E-state index is -1.17. The van der Waals surface area contributed by atoms with E-state index in [1.54, 1.807) is 0 Å². The van der Waals surface area contributed by atoms with Crippen molar-refractivity contribution in [2.45, 2.75) is 0 Å². The second-order valence-corrected chi connectivity index (χ2v) is 4.56. The second-order valence-electron chi connectivity index (χ2n) is 4.15. The molecule has 2 aromatic rings. The number of hydrogen-bond donors (Lipinski definition) is 3. The van der Waals surface area contributed by atoms with E-state index in [9.17, 15) is 14.0 Å². The first-order valence-electron chi connectivity index (χ1n) is 5.78. The normalized spacial score (nSPS) is 10.2. The fourth-order valence-corrected chi connectivity index (χ4v) is 1.96. The molecule has 21 heavy (non-hydrogen) atoms. The van der Waals surface area contributed by atoms with Gasteiger partial charge in [-0.1, -0.05) is 17.7 Å². The van der Waals surface area contributed by atoms with E-state index in [1.807, 2.05) is 0 Å². The van der Waals surface area contributed by atoms with Gasteiger partial charge in [0.15, 0.2) is 0 Å². The lowest BCUT2D eigenvalue weighted by molar-refractivity contribution is 0.0697. The van der Waals surface area contributed by atoms with E-state index in [4.69, 9.17) is 22.4 Å². The van der Waals surface area contributed by atoms with Crippen molar-refractivity contribution in [1.82, 2.24) is 0 Å². The van der Waals surface area contributed by atoms with E-state index < -0.39 is 17.7 Å². The van der Waals surface area contributed by atoms with Crippen LogP contribution < -0.4 is 11.1 Å². The van der Waals surface area contributed by atoms with Crippen LogP contribution in [-0.4, -0.2) is 17.0 Å². The van der Waals surface area contributed by atoms with Crippen LogP contribution in [0.2, 0.25) is 5.02 Å². The summed E-state index contributed by atoms with van der Waals surface area (Å²) in [5, 5.41) is 11.3. The van der Waals surface area contributed by atoms with Gasteiger partial charge in [-0.15, -0.1) is 0 Å². The number of carbonyl (C=O) groups excluding carboxylic acids is 1. The maximum atomic E-state index is 13.3. The van der Waals surface area contributed by atoms with E-state index >= 15 is 0 Å². The molecule has 0 aromatic heterocycles. The highest BCUT2D eigenvalue weighted by molar-refractivity contribution is 6.33. The number of amides is 1. The van der Waals surface area contributed by atoms with Gasteiger partial charge < -0.3 is 16.2 Å². The summed E-state index contributed by atoms with van der Waals surface area (Å²) in [5.41, 5.74) is 5.40. The Hall–Kier alpha value is -2.60. The first-order chi connectivity index (χ1) is 9.90. The van der Waals surface area contributed by atoms with Crippen LogP contribution in [0.5, 0.6) is 0 Å². The molecule has 5 nitrogen and oxygen atoms in total. The number of rotatable bonds is 3. The molecule has 0 spiro atoms. The number of hydrogen-bond acceptors (Lipinski definition) is 3. The number of nitrogen functional groups attached to an aromatic ring is 1. The second kappa shape index (κ2) is 5.80. The molecule has 108 valence electrons. The first kappa shape index (κ1) is 14.8. The lowest BCUT2D eigenvalue weighted by Crippen LogP contribution is -2.15. The molecule has 0 aliphatic carbocycles. The Morgan fingerprint density at radius 1 is 1.19 bits per heavy atom. The molecule has 0 saturated heterocycles. The van der Waals surface area contributed by atoms with Crippen molar-refractivity contribution >= 4 is 34.9 Å². The van der Waals surface area contributed by atoms with Crippen LogP contribution in [0.15, 0.2) is 36.4 Å². The lowest BCUT2D eigenvalue weighted by Gasteiger charge is -2.09. The highest BCUT2D eigenvalue weighted by atomic mass is 35.5. The molecular weight excluding hydrogens is 299 g/mol. The number of carboxylic acids is 1. The summed E-state index contributed by atoms with van der Waals surface area (Å²) in [6.07, 6.45) is 0. The Kier molecular flexibility index (Phi) is 4.09. The Labute approximate surface area is 124 Å². The Morgan fingerprint density at radius 3 is 2.52 bits per heavy atom. The zero-order valence-corrected chi connectivity index (χ0v) is 11.3. The van der Waals surface area contributed by atoms with Crippen molar-refractivity contribution in [1.29, 1.82) is 0 Å². The molecule has 0 atom stereocenters. The minimum absolute atomic E-state index is 0.0200. The topological polar surface area (TPSA) is 92.4 Å². The van der Waals surface area contributed by atoms with E-state index in [0.717, 1.165) is 6.07 Å². The van der Waals surface area contributed by atoms with Crippen LogP contribution in [0.25, 0.3) is 0 Å². The van der Waals surface area contributed by atoms with Crippen molar-refractivity contribution in [3.05, 3.63) is 58.4 Å². The minimum Gasteiger partial charge on any atom is -0.478 e. The van der Waals surface area contributed by atoms with Crippen LogP contribution in [0.4, 0.5) is 15.8 Å². The standard InChI is InChI=1S/C14H10ClFN2O3/c15-10-6-7(4-5-8(10)14(20)21)18-13(19)9-2-1-3-11(16)12(9)17/h1-6H,17H2,(H,18,19)(H,20,21). The number of anilines is 2. The fourth-order valence-electron chi connectivity index (χ4n) is 1.70. The molecule has 2 rings (SSSR count). The Bertz CT molecular complexity index is 734. The van der Waals surface area contributed by atoms with Crippen molar-refractivity contribution in [2.75, 3.05) is 11.1 Å². The largest absolute Gasteiger partial charge is 0.478 e. The van der Waals surface area contributed by atoms with Crippen molar-refractivity contribution in [3.8, 4) is 0 Å². The molecule has 0 aliphatic heterocycles. The number of carboxylic acid groups (broad SMARTS) is 1. The molecule has 0 heterocycles. The predicted molar refractivity (Wildman–Crippen MR) is 77.2 cm³/mol. The zero-order valence-electron chi connectivity index (χ0n) is 10.6. The predicted octanol–water partition coefficient (Wildman–Crippen LogP) is 3.01. The van der Waals surface area contributed by atoms with Gasteiger partial charge in [-0.25, -0.2) is 9.18 Å². The summed E-state index contributed by atoms with van der Waals surface area (Å²) in [4.78, 5) is 22.8. The quantitative estimate of drug-likeness (QED) is 0.760. The molecule has 0 radical (unpaired) electrons. The smallest absolute Gasteiger partial charge is 0.337 e.